The molecule has 0 saturated heterocycles. The lowest BCUT2D eigenvalue weighted by Gasteiger charge is -2.10. The number of phenolic OH excluding ortho intramolecular Hbond substituents is 1. The molecule has 1 saturated carbocycles. The summed E-state index contributed by atoms with van der Waals surface area (Å²) in [5, 5.41) is 16.0. The highest BCUT2D eigenvalue weighted by Gasteiger charge is 2.35. The molecule has 2 aromatic carbocycles. The van der Waals surface area contributed by atoms with Gasteiger partial charge in [0.1, 0.15) is 5.75 Å². The molecule has 0 radical (unpaired) electrons. The van der Waals surface area contributed by atoms with E-state index in [1.807, 2.05) is 18.2 Å². The lowest BCUT2D eigenvalue weighted by molar-refractivity contribution is 0.464. The van der Waals surface area contributed by atoms with Crippen molar-refractivity contribution >= 4 is 10.8 Å². The van der Waals surface area contributed by atoms with Gasteiger partial charge in [0.2, 0.25) is 0 Å². The number of phenols is 1. The molecule has 2 heteroatoms. The van der Waals surface area contributed by atoms with E-state index in [-0.39, 0.29) is 0 Å². The molecule has 0 heterocycles. The maximum absolute atomic E-state index is 10.1. The van der Waals surface area contributed by atoms with Gasteiger partial charge in [-0.15, -0.1) is 0 Å². The number of aromatic hydroxyl groups is 1. The van der Waals surface area contributed by atoms with Crippen molar-refractivity contribution < 1.29 is 5.11 Å². The quantitative estimate of drug-likeness (QED) is 0.851. The minimum Gasteiger partial charge on any atom is -0.508 e. The number of fused-ring (bicyclic) bond motifs is 1. The van der Waals surface area contributed by atoms with Crippen LogP contribution in [0, 0.1) is 5.92 Å². The predicted octanol–water partition coefficient (Wildman–Crippen LogP) is 3.82. The molecule has 100 valence electrons. The Hall–Kier alpha value is -1.54. The second-order valence-corrected chi connectivity index (χ2v) is 5.56. The monoisotopic (exact) mass is 255 g/mol. The zero-order valence-corrected chi connectivity index (χ0v) is 11.4. The van der Waals surface area contributed by atoms with Gasteiger partial charge in [0.05, 0.1) is 0 Å². The summed E-state index contributed by atoms with van der Waals surface area (Å²) in [5.41, 5.74) is 1.03. The molecule has 3 rings (SSSR count). The molecule has 0 spiro atoms. The average molecular weight is 255 g/mol. The molecule has 0 aromatic heterocycles. The summed E-state index contributed by atoms with van der Waals surface area (Å²) in [5.74, 6) is 1.25. The first-order valence-corrected chi connectivity index (χ1v) is 7.22. The van der Waals surface area contributed by atoms with Gasteiger partial charge in [0, 0.05) is 18.2 Å². The highest BCUT2D eigenvalue weighted by molar-refractivity contribution is 5.87. The summed E-state index contributed by atoms with van der Waals surface area (Å²) in [7, 11) is 0. The first kappa shape index (κ1) is 12.5. The largest absolute Gasteiger partial charge is 0.508 e. The minimum atomic E-state index is 0.402. The zero-order valence-electron chi connectivity index (χ0n) is 11.4. The Morgan fingerprint density at radius 2 is 2.05 bits per heavy atom. The average Bonchev–Trinajstić information content (AvgIpc) is 3.16. The van der Waals surface area contributed by atoms with Crippen molar-refractivity contribution in [3.63, 3.8) is 0 Å². The van der Waals surface area contributed by atoms with Gasteiger partial charge in [-0.2, -0.15) is 0 Å². The van der Waals surface area contributed by atoms with E-state index in [9.17, 15) is 5.11 Å². The summed E-state index contributed by atoms with van der Waals surface area (Å²) < 4.78 is 0. The van der Waals surface area contributed by atoms with Crippen LogP contribution in [-0.2, 0) is 6.54 Å². The fourth-order valence-electron chi connectivity index (χ4n) is 2.93. The van der Waals surface area contributed by atoms with Crippen LogP contribution in [0.25, 0.3) is 10.8 Å². The molecule has 0 amide bonds. The molecule has 1 fully saturated rings. The van der Waals surface area contributed by atoms with E-state index in [1.54, 1.807) is 6.07 Å². The summed E-state index contributed by atoms with van der Waals surface area (Å²) in [6.45, 7) is 3.00. The Morgan fingerprint density at radius 3 is 2.89 bits per heavy atom. The SMILES string of the molecule is CCCC1CC1NCc1c(O)ccc2ccccc12. The van der Waals surface area contributed by atoms with Crippen LogP contribution in [-0.4, -0.2) is 11.1 Å². The Morgan fingerprint density at radius 1 is 1.21 bits per heavy atom. The summed E-state index contributed by atoms with van der Waals surface area (Å²) >= 11 is 0. The van der Waals surface area contributed by atoms with E-state index in [2.05, 4.69) is 24.4 Å². The smallest absolute Gasteiger partial charge is 0.120 e. The van der Waals surface area contributed by atoms with Gasteiger partial charge >= 0.3 is 0 Å². The molecule has 1 aliphatic rings. The van der Waals surface area contributed by atoms with Gasteiger partial charge in [0.15, 0.2) is 0 Å². The maximum atomic E-state index is 10.1. The van der Waals surface area contributed by atoms with Gasteiger partial charge in [-0.05, 0) is 35.6 Å². The van der Waals surface area contributed by atoms with Crippen LogP contribution in [0.5, 0.6) is 5.75 Å². The van der Waals surface area contributed by atoms with E-state index in [0.717, 1.165) is 23.4 Å². The van der Waals surface area contributed by atoms with Crippen molar-refractivity contribution in [1.29, 1.82) is 0 Å². The van der Waals surface area contributed by atoms with Crippen LogP contribution < -0.4 is 5.32 Å². The van der Waals surface area contributed by atoms with Crippen LogP contribution in [0.15, 0.2) is 36.4 Å². The normalized spacial score (nSPS) is 21.7. The van der Waals surface area contributed by atoms with Crippen LogP contribution in [0.1, 0.15) is 31.7 Å². The summed E-state index contributed by atoms with van der Waals surface area (Å²) in [6, 6.07) is 12.7. The molecule has 2 nitrogen and oxygen atoms in total. The maximum Gasteiger partial charge on any atom is 0.120 e. The van der Waals surface area contributed by atoms with Crippen molar-refractivity contribution in [2.75, 3.05) is 0 Å². The summed E-state index contributed by atoms with van der Waals surface area (Å²) in [4.78, 5) is 0. The molecule has 0 aliphatic heterocycles. The van der Waals surface area contributed by atoms with E-state index in [0.29, 0.717) is 11.8 Å². The molecule has 0 bridgehead atoms. The Bertz CT molecular complexity index is 578. The standard InChI is InChI=1S/C17H21NO/c1-2-5-13-10-16(13)18-11-15-14-7-4-3-6-12(14)8-9-17(15)19/h3-4,6-9,13,16,18-19H,2,5,10-11H2,1H3. The van der Waals surface area contributed by atoms with Crippen LogP contribution >= 0.6 is 0 Å². The molecule has 1 aliphatic carbocycles. The highest BCUT2D eigenvalue weighted by Crippen LogP contribution is 2.35. The minimum absolute atomic E-state index is 0.402. The van der Waals surface area contributed by atoms with Gasteiger partial charge in [-0.25, -0.2) is 0 Å². The molecule has 2 N–H and O–H groups in total. The lowest BCUT2D eigenvalue weighted by Crippen LogP contribution is -2.17. The zero-order chi connectivity index (χ0) is 13.2. The van der Waals surface area contributed by atoms with Crippen LogP contribution in [0.4, 0.5) is 0 Å². The van der Waals surface area contributed by atoms with Crippen molar-refractivity contribution in [2.24, 2.45) is 5.92 Å². The highest BCUT2D eigenvalue weighted by atomic mass is 16.3. The fraction of sp³-hybridized carbons (Fsp3) is 0.412. The third kappa shape index (κ3) is 2.59. The lowest BCUT2D eigenvalue weighted by atomic mass is 10.0. The van der Waals surface area contributed by atoms with Gasteiger partial charge < -0.3 is 10.4 Å². The predicted molar refractivity (Wildman–Crippen MR) is 79.3 cm³/mol. The number of benzene rings is 2. The Balaban J connectivity index is 1.75. The van der Waals surface area contributed by atoms with Crippen molar-refractivity contribution in [3.05, 3.63) is 42.0 Å². The second kappa shape index (κ2) is 5.22. The summed E-state index contributed by atoms with van der Waals surface area (Å²) in [6.07, 6.45) is 3.88. The first-order valence-electron chi connectivity index (χ1n) is 7.22. The van der Waals surface area contributed by atoms with Crippen molar-refractivity contribution in [2.45, 2.75) is 38.8 Å². The van der Waals surface area contributed by atoms with E-state index >= 15 is 0 Å². The van der Waals surface area contributed by atoms with Gasteiger partial charge in [-0.3, -0.25) is 0 Å². The Labute approximate surface area is 114 Å². The third-order valence-corrected chi connectivity index (χ3v) is 4.14. The molecular formula is C17H21NO. The van der Waals surface area contributed by atoms with E-state index in [1.165, 1.54) is 24.6 Å². The van der Waals surface area contributed by atoms with Crippen LogP contribution in [0.3, 0.4) is 0 Å². The molecular weight excluding hydrogens is 234 g/mol. The van der Waals surface area contributed by atoms with Gasteiger partial charge in [-0.1, -0.05) is 43.7 Å². The Kier molecular flexibility index (Phi) is 3.43. The van der Waals surface area contributed by atoms with Crippen LogP contribution in [0.2, 0.25) is 0 Å². The number of hydrogen-bond donors (Lipinski definition) is 2. The fourth-order valence-corrected chi connectivity index (χ4v) is 2.93. The van der Waals surface area contributed by atoms with Gasteiger partial charge in [0.25, 0.3) is 0 Å². The third-order valence-electron chi connectivity index (χ3n) is 4.14. The number of rotatable bonds is 5. The van der Waals surface area contributed by atoms with E-state index < -0.39 is 0 Å². The van der Waals surface area contributed by atoms with Crippen molar-refractivity contribution in [3.8, 4) is 5.75 Å². The van der Waals surface area contributed by atoms with E-state index in [4.69, 9.17) is 0 Å². The second-order valence-electron chi connectivity index (χ2n) is 5.56. The first-order chi connectivity index (χ1) is 9.29. The molecule has 19 heavy (non-hydrogen) atoms. The topological polar surface area (TPSA) is 32.3 Å². The molecule has 2 unspecified atom stereocenters. The molecule has 2 aromatic rings. The number of hydrogen-bond acceptors (Lipinski definition) is 2. The molecule has 2 atom stereocenters. The van der Waals surface area contributed by atoms with Crippen molar-refractivity contribution in [1.82, 2.24) is 5.32 Å². The number of nitrogens with one attached hydrogen (secondary N) is 1.